The van der Waals surface area contributed by atoms with Gasteiger partial charge in [0.25, 0.3) is 0 Å². The summed E-state index contributed by atoms with van der Waals surface area (Å²) in [6.45, 7) is 0. The van der Waals surface area contributed by atoms with Crippen molar-refractivity contribution in [1.82, 2.24) is 15.0 Å². The molecule has 1 aliphatic rings. The van der Waals surface area contributed by atoms with Crippen LogP contribution in [-0.2, 0) is 6.42 Å². The SMILES string of the molecule is COc1ccccc1-n1nnc(C#N)c1CCC1CCCCC1. The van der Waals surface area contributed by atoms with E-state index in [1.807, 2.05) is 24.3 Å². The summed E-state index contributed by atoms with van der Waals surface area (Å²) in [5, 5.41) is 17.6. The molecule has 3 rings (SSSR count). The van der Waals surface area contributed by atoms with Crippen molar-refractivity contribution in [2.45, 2.75) is 44.9 Å². The van der Waals surface area contributed by atoms with Gasteiger partial charge in [0.15, 0.2) is 5.69 Å². The lowest BCUT2D eigenvalue weighted by atomic mass is 9.85. The molecule has 0 bridgehead atoms. The highest BCUT2D eigenvalue weighted by molar-refractivity contribution is 5.47. The molecule has 0 amide bonds. The fourth-order valence-electron chi connectivity index (χ4n) is 3.43. The maximum atomic E-state index is 9.35. The second-order valence-corrected chi connectivity index (χ2v) is 6.12. The van der Waals surface area contributed by atoms with E-state index in [9.17, 15) is 5.26 Å². The van der Waals surface area contributed by atoms with Crippen molar-refractivity contribution < 1.29 is 4.74 Å². The molecule has 1 saturated carbocycles. The maximum absolute atomic E-state index is 9.35. The summed E-state index contributed by atoms with van der Waals surface area (Å²) in [5.41, 5.74) is 2.15. The number of nitriles is 1. The van der Waals surface area contributed by atoms with Crippen LogP contribution in [0.4, 0.5) is 0 Å². The Morgan fingerprint density at radius 1 is 1.26 bits per heavy atom. The summed E-state index contributed by atoms with van der Waals surface area (Å²) < 4.78 is 7.18. The number of nitrogens with zero attached hydrogens (tertiary/aromatic N) is 4. The Balaban J connectivity index is 1.86. The molecule has 1 fully saturated rings. The van der Waals surface area contributed by atoms with E-state index < -0.39 is 0 Å². The van der Waals surface area contributed by atoms with Gasteiger partial charge < -0.3 is 4.74 Å². The zero-order valence-corrected chi connectivity index (χ0v) is 13.5. The molecule has 0 atom stereocenters. The Kier molecular flexibility index (Phi) is 4.92. The van der Waals surface area contributed by atoms with Crippen LogP contribution in [0.3, 0.4) is 0 Å². The summed E-state index contributed by atoms with van der Waals surface area (Å²) in [6, 6.07) is 9.88. The molecule has 5 heteroatoms. The minimum absolute atomic E-state index is 0.423. The Labute approximate surface area is 136 Å². The number of ether oxygens (including phenoxy) is 1. The number of aromatic nitrogens is 3. The van der Waals surface area contributed by atoms with E-state index >= 15 is 0 Å². The van der Waals surface area contributed by atoms with Gasteiger partial charge in [0.05, 0.1) is 12.8 Å². The van der Waals surface area contributed by atoms with Crippen LogP contribution < -0.4 is 4.74 Å². The molecule has 23 heavy (non-hydrogen) atoms. The normalized spacial score (nSPS) is 15.3. The van der Waals surface area contributed by atoms with Crippen molar-refractivity contribution in [3.63, 3.8) is 0 Å². The monoisotopic (exact) mass is 310 g/mol. The third kappa shape index (κ3) is 3.37. The number of para-hydroxylation sites is 2. The predicted molar refractivity (Wildman–Crippen MR) is 87.5 cm³/mol. The van der Waals surface area contributed by atoms with Gasteiger partial charge in [-0.1, -0.05) is 49.5 Å². The summed E-state index contributed by atoms with van der Waals surface area (Å²) in [5.74, 6) is 1.50. The summed E-state index contributed by atoms with van der Waals surface area (Å²) >= 11 is 0. The summed E-state index contributed by atoms with van der Waals surface area (Å²) in [6.07, 6.45) is 8.56. The van der Waals surface area contributed by atoms with E-state index in [2.05, 4.69) is 16.4 Å². The fraction of sp³-hybridized carbons (Fsp3) is 0.500. The number of benzene rings is 1. The van der Waals surface area contributed by atoms with Gasteiger partial charge in [0.2, 0.25) is 0 Å². The largest absolute Gasteiger partial charge is 0.494 e. The first-order valence-electron chi connectivity index (χ1n) is 8.31. The molecule has 1 heterocycles. The minimum atomic E-state index is 0.423. The van der Waals surface area contributed by atoms with Crippen molar-refractivity contribution in [2.75, 3.05) is 7.11 Å². The van der Waals surface area contributed by atoms with Crippen LogP contribution in [0, 0.1) is 17.2 Å². The third-order valence-electron chi connectivity index (χ3n) is 4.70. The molecular formula is C18H22N4O. The molecule has 1 aromatic heterocycles. The van der Waals surface area contributed by atoms with Crippen molar-refractivity contribution in [3.05, 3.63) is 35.7 Å². The van der Waals surface area contributed by atoms with Crippen LogP contribution in [0.1, 0.15) is 49.9 Å². The molecule has 0 aliphatic heterocycles. The standard InChI is InChI=1S/C18H22N4O/c1-23-18-10-6-5-9-17(18)22-16(15(13-19)20-21-22)12-11-14-7-3-2-4-8-14/h5-6,9-10,14H,2-4,7-8,11-12H2,1H3. The second-order valence-electron chi connectivity index (χ2n) is 6.12. The number of rotatable bonds is 5. The van der Waals surface area contributed by atoms with E-state index in [0.717, 1.165) is 35.9 Å². The quantitative estimate of drug-likeness (QED) is 0.845. The van der Waals surface area contributed by atoms with Gasteiger partial charge >= 0.3 is 0 Å². The van der Waals surface area contributed by atoms with Gasteiger partial charge in [-0.3, -0.25) is 0 Å². The molecule has 0 unspecified atom stereocenters. The van der Waals surface area contributed by atoms with Crippen LogP contribution >= 0.6 is 0 Å². The minimum Gasteiger partial charge on any atom is -0.494 e. The van der Waals surface area contributed by atoms with E-state index in [1.54, 1.807) is 11.8 Å². The fourth-order valence-corrected chi connectivity index (χ4v) is 3.43. The molecule has 0 spiro atoms. The van der Waals surface area contributed by atoms with E-state index in [1.165, 1.54) is 32.1 Å². The molecule has 2 aromatic rings. The zero-order valence-electron chi connectivity index (χ0n) is 13.5. The van der Waals surface area contributed by atoms with Crippen LogP contribution in [-0.4, -0.2) is 22.1 Å². The molecule has 1 aliphatic carbocycles. The average molecular weight is 310 g/mol. The molecular weight excluding hydrogens is 288 g/mol. The number of methoxy groups -OCH3 is 1. The maximum Gasteiger partial charge on any atom is 0.186 e. The molecule has 120 valence electrons. The van der Waals surface area contributed by atoms with Gasteiger partial charge in [-0.05, 0) is 30.9 Å². The first-order chi connectivity index (χ1) is 11.3. The van der Waals surface area contributed by atoms with Crippen LogP contribution in [0.15, 0.2) is 24.3 Å². The van der Waals surface area contributed by atoms with Gasteiger partial charge in [-0.15, -0.1) is 5.10 Å². The average Bonchev–Trinajstić information content (AvgIpc) is 3.03. The lowest BCUT2D eigenvalue weighted by Crippen LogP contribution is -2.10. The summed E-state index contributed by atoms with van der Waals surface area (Å²) in [4.78, 5) is 0. The van der Waals surface area contributed by atoms with Crippen LogP contribution in [0.5, 0.6) is 5.75 Å². The highest BCUT2D eigenvalue weighted by atomic mass is 16.5. The van der Waals surface area contributed by atoms with Gasteiger partial charge in [0.1, 0.15) is 17.5 Å². The van der Waals surface area contributed by atoms with Gasteiger partial charge in [-0.25, -0.2) is 4.68 Å². The molecule has 1 aromatic carbocycles. The lowest BCUT2D eigenvalue weighted by Gasteiger charge is -2.21. The van der Waals surface area contributed by atoms with Crippen molar-refractivity contribution in [3.8, 4) is 17.5 Å². The molecule has 0 saturated heterocycles. The topological polar surface area (TPSA) is 63.7 Å². The van der Waals surface area contributed by atoms with Crippen LogP contribution in [0.25, 0.3) is 5.69 Å². The molecule has 0 N–H and O–H groups in total. The van der Waals surface area contributed by atoms with E-state index in [-0.39, 0.29) is 0 Å². The van der Waals surface area contributed by atoms with Gasteiger partial charge in [0, 0.05) is 0 Å². The Morgan fingerprint density at radius 3 is 2.78 bits per heavy atom. The Morgan fingerprint density at radius 2 is 2.04 bits per heavy atom. The van der Waals surface area contributed by atoms with Crippen molar-refractivity contribution in [1.29, 1.82) is 5.26 Å². The third-order valence-corrected chi connectivity index (χ3v) is 4.70. The Hall–Kier alpha value is -2.35. The highest BCUT2D eigenvalue weighted by Crippen LogP contribution is 2.29. The van der Waals surface area contributed by atoms with E-state index in [0.29, 0.717) is 5.69 Å². The first kappa shape index (κ1) is 15.5. The van der Waals surface area contributed by atoms with E-state index in [4.69, 9.17) is 4.74 Å². The Bertz CT molecular complexity index is 695. The smallest absolute Gasteiger partial charge is 0.186 e. The van der Waals surface area contributed by atoms with Gasteiger partial charge in [-0.2, -0.15) is 5.26 Å². The lowest BCUT2D eigenvalue weighted by molar-refractivity contribution is 0.337. The molecule has 5 nitrogen and oxygen atoms in total. The highest BCUT2D eigenvalue weighted by Gasteiger charge is 2.19. The predicted octanol–water partition coefficient (Wildman–Crippen LogP) is 3.66. The number of hydrogen-bond donors (Lipinski definition) is 0. The first-order valence-corrected chi connectivity index (χ1v) is 8.31. The van der Waals surface area contributed by atoms with Crippen LogP contribution in [0.2, 0.25) is 0 Å². The van der Waals surface area contributed by atoms with Crippen molar-refractivity contribution in [2.24, 2.45) is 5.92 Å². The summed E-state index contributed by atoms with van der Waals surface area (Å²) in [7, 11) is 1.64. The molecule has 0 radical (unpaired) electrons. The second kappa shape index (κ2) is 7.28. The number of hydrogen-bond acceptors (Lipinski definition) is 4. The van der Waals surface area contributed by atoms with Crippen molar-refractivity contribution >= 4 is 0 Å². The zero-order chi connectivity index (χ0) is 16.1.